The third-order valence-electron chi connectivity index (χ3n) is 2.98. The molecule has 2 N–H and O–H groups in total. The molecule has 2 atom stereocenters. The van der Waals surface area contributed by atoms with Crippen molar-refractivity contribution in [2.45, 2.75) is 25.9 Å². The number of hydrogen-bond acceptors (Lipinski definition) is 2. The Labute approximate surface area is 108 Å². The number of halogens is 3. The fourth-order valence-corrected chi connectivity index (χ4v) is 2.12. The monoisotopic (exact) mass is 282 g/mol. The van der Waals surface area contributed by atoms with E-state index < -0.39 is 37.1 Å². The molecule has 5 nitrogen and oxygen atoms in total. The van der Waals surface area contributed by atoms with Crippen LogP contribution in [0, 0.1) is 11.8 Å². The molecule has 0 radical (unpaired) electrons. The number of carbonyl (C=O) groups is 2. The van der Waals surface area contributed by atoms with Crippen LogP contribution in [0.5, 0.6) is 0 Å². The average molecular weight is 282 g/mol. The second-order valence-electron chi connectivity index (χ2n) is 4.88. The summed E-state index contributed by atoms with van der Waals surface area (Å²) in [4.78, 5) is 23.8. The van der Waals surface area contributed by atoms with Crippen LogP contribution in [0.4, 0.5) is 18.0 Å². The van der Waals surface area contributed by atoms with E-state index >= 15 is 0 Å². The Morgan fingerprint density at radius 3 is 2.53 bits per heavy atom. The molecule has 0 bridgehead atoms. The second-order valence-corrected chi connectivity index (χ2v) is 4.88. The van der Waals surface area contributed by atoms with Crippen LogP contribution in [0.15, 0.2) is 0 Å². The number of carboxylic acids is 1. The van der Waals surface area contributed by atoms with Crippen molar-refractivity contribution in [2.24, 2.45) is 11.8 Å². The third-order valence-corrected chi connectivity index (χ3v) is 2.98. The molecule has 0 aromatic carbocycles. The topological polar surface area (TPSA) is 69.6 Å². The maximum absolute atomic E-state index is 11.9. The number of carboxylic acid groups (broad SMARTS) is 1. The van der Waals surface area contributed by atoms with Crippen molar-refractivity contribution >= 4 is 12.0 Å². The van der Waals surface area contributed by atoms with Crippen molar-refractivity contribution in [3.05, 3.63) is 0 Å². The first-order valence-electron chi connectivity index (χ1n) is 6.01. The predicted molar refractivity (Wildman–Crippen MR) is 60.6 cm³/mol. The summed E-state index contributed by atoms with van der Waals surface area (Å²) < 4.78 is 35.8. The van der Waals surface area contributed by atoms with Gasteiger partial charge in [-0.15, -0.1) is 0 Å². The van der Waals surface area contributed by atoms with E-state index in [1.807, 2.05) is 6.92 Å². The summed E-state index contributed by atoms with van der Waals surface area (Å²) in [6, 6.07) is -0.637. The minimum Gasteiger partial charge on any atom is -0.481 e. The van der Waals surface area contributed by atoms with Gasteiger partial charge in [0.05, 0.1) is 12.3 Å². The minimum absolute atomic E-state index is 0.0169. The van der Waals surface area contributed by atoms with Gasteiger partial charge in [0, 0.05) is 19.6 Å². The number of likely N-dealkylation sites (tertiary alicyclic amines) is 1. The van der Waals surface area contributed by atoms with Crippen LogP contribution in [-0.2, 0) is 4.79 Å². The second kappa shape index (κ2) is 6.12. The van der Waals surface area contributed by atoms with Gasteiger partial charge in [-0.25, -0.2) is 4.79 Å². The maximum atomic E-state index is 11.9. The molecule has 1 saturated heterocycles. The molecular formula is C11H17F3N2O3. The van der Waals surface area contributed by atoms with E-state index in [-0.39, 0.29) is 12.5 Å². The average Bonchev–Trinajstić information content (AvgIpc) is 2.26. The van der Waals surface area contributed by atoms with Gasteiger partial charge in [0.1, 0.15) is 0 Å². The van der Waals surface area contributed by atoms with E-state index in [0.717, 1.165) is 0 Å². The fraction of sp³-hybridized carbons (Fsp3) is 0.818. The Morgan fingerprint density at radius 2 is 2.00 bits per heavy atom. The van der Waals surface area contributed by atoms with Crippen LogP contribution in [0.2, 0.25) is 0 Å². The van der Waals surface area contributed by atoms with E-state index in [9.17, 15) is 22.8 Å². The number of carbonyl (C=O) groups excluding carboxylic acids is 1. The molecule has 1 heterocycles. The van der Waals surface area contributed by atoms with Gasteiger partial charge in [-0.2, -0.15) is 13.2 Å². The highest BCUT2D eigenvalue weighted by molar-refractivity contribution is 5.76. The zero-order valence-electron chi connectivity index (χ0n) is 10.5. The van der Waals surface area contributed by atoms with Gasteiger partial charge >= 0.3 is 18.2 Å². The number of urea groups is 1. The minimum atomic E-state index is -4.31. The van der Waals surface area contributed by atoms with Gasteiger partial charge in [0.15, 0.2) is 0 Å². The lowest BCUT2D eigenvalue weighted by molar-refractivity contribution is -0.143. The number of aliphatic carboxylic acids is 1. The SMILES string of the molecule is CC1CC(C(=O)O)CN(C(=O)NCCC(F)(F)F)C1. The Morgan fingerprint density at radius 1 is 1.37 bits per heavy atom. The van der Waals surface area contributed by atoms with E-state index in [2.05, 4.69) is 5.32 Å². The summed E-state index contributed by atoms with van der Waals surface area (Å²) in [6.45, 7) is 1.72. The summed E-state index contributed by atoms with van der Waals surface area (Å²) >= 11 is 0. The number of hydrogen-bond donors (Lipinski definition) is 2. The lowest BCUT2D eigenvalue weighted by atomic mass is 9.91. The Hall–Kier alpha value is -1.47. The van der Waals surface area contributed by atoms with Gasteiger partial charge in [-0.3, -0.25) is 4.79 Å². The quantitative estimate of drug-likeness (QED) is 0.827. The highest BCUT2D eigenvalue weighted by atomic mass is 19.4. The number of nitrogens with zero attached hydrogens (tertiary/aromatic N) is 1. The molecule has 0 aliphatic carbocycles. The molecule has 2 unspecified atom stereocenters. The van der Waals surface area contributed by atoms with Gasteiger partial charge in [0.2, 0.25) is 0 Å². The molecule has 1 rings (SSSR count). The number of piperidine rings is 1. The van der Waals surface area contributed by atoms with Crippen molar-refractivity contribution in [3.63, 3.8) is 0 Å². The number of rotatable bonds is 3. The van der Waals surface area contributed by atoms with Crippen molar-refractivity contribution in [2.75, 3.05) is 19.6 Å². The summed E-state index contributed by atoms with van der Waals surface area (Å²) in [5.41, 5.74) is 0. The molecule has 0 aromatic rings. The van der Waals surface area contributed by atoms with Gasteiger partial charge in [-0.05, 0) is 12.3 Å². The predicted octanol–water partition coefficient (Wildman–Crippen LogP) is 1.69. The first-order valence-corrected chi connectivity index (χ1v) is 6.01. The molecule has 0 spiro atoms. The standard InChI is InChI=1S/C11H17F3N2O3/c1-7-4-8(9(17)18)6-16(5-7)10(19)15-3-2-11(12,13)14/h7-8H,2-6H2,1H3,(H,15,19)(H,17,18). The largest absolute Gasteiger partial charge is 0.481 e. The summed E-state index contributed by atoms with van der Waals surface area (Å²) in [7, 11) is 0. The van der Waals surface area contributed by atoms with Crippen molar-refractivity contribution in [3.8, 4) is 0 Å². The Kier molecular flexibility index (Phi) is 5.02. The van der Waals surface area contributed by atoms with Crippen LogP contribution in [0.1, 0.15) is 19.8 Å². The van der Waals surface area contributed by atoms with Crippen molar-refractivity contribution < 1.29 is 27.9 Å². The highest BCUT2D eigenvalue weighted by Crippen LogP contribution is 2.22. The fourth-order valence-electron chi connectivity index (χ4n) is 2.12. The summed E-state index contributed by atoms with van der Waals surface area (Å²) in [5.74, 6) is -1.63. The number of alkyl halides is 3. The van der Waals surface area contributed by atoms with E-state index in [1.165, 1.54) is 4.90 Å². The molecule has 2 amide bonds. The molecule has 1 aliphatic rings. The highest BCUT2D eigenvalue weighted by Gasteiger charge is 2.32. The Balaban J connectivity index is 2.45. The molecule has 19 heavy (non-hydrogen) atoms. The first-order chi connectivity index (χ1) is 8.69. The normalized spacial score (nSPS) is 24.1. The smallest absolute Gasteiger partial charge is 0.390 e. The van der Waals surface area contributed by atoms with E-state index in [0.29, 0.717) is 13.0 Å². The number of nitrogens with one attached hydrogen (secondary N) is 1. The Bertz CT molecular complexity index is 347. The van der Waals surface area contributed by atoms with Gasteiger partial charge < -0.3 is 15.3 Å². The van der Waals surface area contributed by atoms with Crippen LogP contribution in [0.25, 0.3) is 0 Å². The van der Waals surface area contributed by atoms with Crippen LogP contribution < -0.4 is 5.32 Å². The molecule has 0 saturated carbocycles. The maximum Gasteiger partial charge on any atom is 0.390 e. The summed E-state index contributed by atoms with van der Waals surface area (Å²) in [5, 5.41) is 11.1. The van der Waals surface area contributed by atoms with Crippen LogP contribution in [-0.4, -0.2) is 47.8 Å². The van der Waals surface area contributed by atoms with Gasteiger partial charge in [-0.1, -0.05) is 6.92 Å². The van der Waals surface area contributed by atoms with E-state index in [4.69, 9.17) is 5.11 Å². The summed E-state index contributed by atoms with van der Waals surface area (Å²) in [6.07, 6.45) is -4.93. The molecule has 1 fully saturated rings. The van der Waals surface area contributed by atoms with E-state index in [1.54, 1.807) is 0 Å². The molecule has 8 heteroatoms. The van der Waals surface area contributed by atoms with Crippen molar-refractivity contribution in [1.82, 2.24) is 10.2 Å². The number of amides is 2. The first kappa shape index (κ1) is 15.6. The molecule has 110 valence electrons. The molecule has 1 aliphatic heterocycles. The third kappa shape index (κ3) is 5.35. The van der Waals surface area contributed by atoms with Crippen LogP contribution >= 0.6 is 0 Å². The lowest BCUT2D eigenvalue weighted by Gasteiger charge is -2.34. The van der Waals surface area contributed by atoms with Crippen LogP contribution in [0.3, 0.4) is 0 Å². The van der Waals surface area contributed by atoms with Crippen molar-refractivity contribution in [1.29, 1.82) is 0 Å². The zero-order valence-corrected chi connectivity index (χ0v) is 10.5. The van der Waals surface area contributed by atoms with Gasteiger partial charge in [0.25, 0.3) is 0 Å². The lowest BCUT2D eigenvalue weighted by Crippen LogP contribution is -2.49. The molecule has 0 aromatic heterocycles. The molecular weight excluding hydrogens is 265 g/mol. The zero-order chi connectivity index (χ0) is 14.6.